The third-order valence-electron chi connectivity index (χ3n) is 2.93. The Morgan fingerprint density at radius 3 is 2.71 bits per heavy atom. The zero-order valence-corrected chi connectivity index (χ0v) is 12.2. The lowest BCUT2D eigenvalue weighted by Crippen LogP contribution is -2.24. The van der Waals surface area contributed by atoms with Crippen LogP contribution >= 0.6 is 0 Å². The number of carbonyl (C=O) groups excluding carboxylic acids is 1. The number of hydrazone groups is 1. The Morgan fingerprint density at radius 2 is 2.10 bits per heavy atom. The van der Waals surface area contributed by atoms with Crippen LogP contribution in [0.1, 0.15) is 31.0 Å². The first-order valence-electron chi connectivity index (χ1n) is 6.83. The van der Waals surface area contributed by atoms with Gasteiger partial charge in [-0.25, -0.2) is 5.43 Å². The number of H-pyrrole nitrogens is 1. The second kappa shape index (κ2) is 7.28. The highest BCUT2D eigenvalue weighted by atomic mass is 16.5. The summed E-state index contributed by atoms with van der Waals surface area (Å²) < 4.78 is 5.40. The van der Waals surface area contributed by atoms with Crippen LogP contribution in [0.5, 0.6) is 5.75 Å². The van der Waals surface area contributed by atoms with Crippen LogP contribution < -0.4 is 10.2 Å². The van der Waals surface area contributed by atoms with Crippen molar-refractivity contribution in [1.29, 1.82) is 0 Å². The highest BCUT2D eigenvalue weighted by molar-refractivity contribution is 5.81. The maximum absolute atomic E-state index is 11.6. The molecule has 0 aliphatic carbocycles. The van der Waals surface area contributed by atoms with Crippen molar-refractivity contribution in [1.82, 2.24) is 10.4 Å². The molecule has 0 aliphatic heterocycles. The molecule has 1 aromatic heterocycles. The largest absolute Gasteiger partial charge is 0.484 e. The van der Waals surface area contributed by atoms with Crippen molar-refractivity contribution in [2.75, 3.05) is 6.61 Å². The molecular weight excluding hydrogens is 266 g/mol. The molecule has 1 aromatic carbocycles. The molecule has 5 nitrogen and oxygen atoms in total. The van der Waals surface area contributed by atoms with Crippen molar-refractivity contribution in [3.63, 3.8) is 0 Å². The molecule has 110 valence electrons. The van der Waals surface area contributed by atoms with Crippen LogP contribution in [-0.4, -0.2) is 23.7 Å². The van der Waals surface area contributed by atoms with Gasteiger partial charge < -0.3 is 9.72 Å². The van der Waals surface area contributed by atoms with Gasteiger partial charge in [-0.2, -0.15) is 5.10 Å². The Hall–Kier alpha value is -2.56. The fraction of sp³-hybridized carbons (Fsp3) is 0.250. The molecule has 21 heavy (non-hydrogen) atoms. The van der Waals surface area contributed by atoms with E-state index in [0.717, 1.165) is 5.69 Å². The summed E-state index contributed by atoms with van der Waals surface area (Å²) in [7, 11) is 0. The standard InChI is InChI=1S/C16H19N3O2/c1-12(2)13-5-7-15(8-6-13)21-11-16(20)19-18-10-14-4-3-9-17-14/h3-10,12,17H,11H2,1-2H3,(H,19,20)/b18-10+. The van der Waals surface area contributed by atoms with Crippen LogP contribution in [-0.2, 0) is 4.79 Å². The number of nitrogens with one attached hydrogen (secondary N) is 2. The summed E-state index contributed by atoms with van der Waals surface area (Å²) in [6.45, 7) is 4.19. The summed E-state index contributed by atoms with van der Waals surface area (Å²) in [6.07, 6.45) is 3.32. The molecule has 0 spiro atoms. The van der Waals surface area contributed by atoms with Crippen LogP contribution in [0.4, 0.5) is 0 Å². The number of aromatic amines is 1. The predicted molar refractivity (Wildman–Crippen MR) is 82.6 cm³/mol. The van der Waals surface area contributed by atoms with E-state index in [-0.39, 0.29) is 12.5 Å². The third kappa shape index (κ3) is 4.80. The molecule has 2 N–H and O–H groups in total. The average molecular weight is 285 g/mol. The van der Waals surface area contributed by atoms with E-state index in [1.165, 1.54) is 11.8 Å². The lowest BCUT2D eigenvalue weighted by atomic mass is 10.0. The molecule has 1 heterocycles. The van der Waals surface area contributed by atoms with E-state index in [1.54, 1.807) is 6.20 Å². The highest BCUT2D eigenvalue weighted by Gasteiger charge is 2.03. The Morgan fingerprint density at radius 1 is 1.33 bits per heavy atom. The molecule has 1 amide bonds. The summed E-state index contributed by atoms with van der Waals surface area (Å²) in [6, 6.07) is 11.4. The van der Waals surface area contributed by atoms with E-state index < -0.39 is 0 Å². The molecule has 0 saturated heterocycles. The molecule has 0 atom stereocenters. The van der Waals surface area contributed by atoms with Gasteiger partial charge in [0.1, 0.15) is 5.75 Å². The number of amides is 1. The lowest BCUT2D eigenvalue weighted by molar-refractivity contribution is -0.123. The number of hydrogen-bond donors (Lipinski definition) is 2. The van der Waals surface area contributed by atoms with Gasteiger partial charge in [0, 0.05) is 6.20 Å². The first-order chi connectivity index (χ1) is 10.1. The molecule has 5 heteroatoms. The molecule has 0 saturated carbocycles. The van der Waals surface area contributed by atoms with Gasteiger partial charge >= 0.3 is 0 Å². The fourth-order valence-electron chi connectivity index (χ4n) is 1.73. The highest BCUT2D eigenvalue weighted by Crippen LogP contribution is 2.18. The fourth-order valence-corrected chi connectivity index (χ4v) is 1.73. The first-order valence-corrected chi connectivity index (χ1v) is 6.83. The van der Waals surface area contributed by atoms with Gasteiger partial charge in [-0.3, -0.25) is 4.79 Å². The minimum absolute atomic E-state index is 0.0664. The summed E-state index contributed by atoms with van der Waals surface area (Å²) in [4.78, 5) is 14.5. The van der Waals surface area contributed by atoms with Gasteiger partial charge in [-0.1, -0.05) is 26.0 Å². The van der Waals surface area contributed by atoms with Crippen LogP contribution in [0, 0.1) is 0 Å². The van der Waals surface area contributed by atoms with Crippen LogP contribution in [0.15, 0.2) is 47.7 Å². The summed E-state index contributed by atoms with van der Waals surface area (Å²) in [5.41, 5.74) is 4.46. The monoisotopic (exact) mass is 285 g/mol. The Labute approximate surface area is 124 Å². The van der Waals surface area contributed by atoms with E-state index in [1.807, 2.05) is 36.4 Å². The van der Waals surface area contributed by atoms with Crippen molar-refractivity contribution in [2.45, 2.75) is 19.8 Å². The molecule has 0 radical (unpaired) electrons. The van der Waals surface area contributed by atoms with Gasteiger partial charge in [0.15, 0.2) is 6.61 Å². The number of aromatic nitrogens is 1. The Kier molecular flexibility index (Phi) is 5.15. The second-order valence-corrected chi connectivity index (χ2v) is 4.93. The zero-order valence-electron chi connectivity index (χ0n) is 12.2. The molecule has 0 aliphatic rings. The van der Waals surface area contributed by atoms with E-state index in [0.29, 0.717) is 11.7 Å². The van der Waals surface area contributed by atoms with Crippen molar-refractivity contribution < 1.29 is 9.53 Å². The van der Waals surface area contributed by atoms with E-state index in [9.17, 15) is 4.79 Å². The van der Waals surface area contributed by atoms with Crippen molar-refractivity contribution >= 4 is 12.1 Å². The maximum Gasteiger partial charge on any atom is 0.277 e. The number of nitrogens with zero attached hydrogens (tertiary/aromatic N) is 1. The van der Waals surface area contributed by atoms with Crippen LogP contribution in [0.2, 0.25) is 0 Å². The first kappa shape index (κ1) is 14.8. The minimum atomic E-state index is -0.300. The summed E-state index contributed by atoms with van der Waals surface area (Å²) in [5, 5.41) is 3.83. The van der Waals surface area contributed by atoms with Gasteiger partial charge in [0.05, 0.1) is 11.9 Å². The number of hydrogen-bond acceptors (Lipinski definition) is 3. The normalized spacial score (nSPS) is 11.0. The van der Waals surface area contributed by atoms with Gasteiger partial charge in [-0.05, 0) is 35.7 Å². The number of benzene rings is 1. The van der Waals surface area contributed by atoms with Crippen LogP contribution in [0.25, 0.3) is 0 Å². The van der Waals surface area contributed by atoms with Gasteiger partial charge in [-0.15, -0.1) is 0 Å². The predicted octanol–water partition coefficient (Wildman–Crippen LogP) is 2.67. The smallest absolute Gasteiger partial charge is 0.277 e. The molecular formula is C16H19N3O2. The van der Waals surface area contributed by atoms with Crippen molar-refractivity contribution in [3.8, 4) is 5.75 Å². The van der Waals surface area contributed by atoms with E-state index >= 15 is 0 Å². The van der Waals surface area contributed by atoms with Gasteiger partial charge in [0.25, 0.3) is 5.91 Å². The minimum Gasteiger partial charge on any atom is -0.484 e. The van der Waals surface area contributed by atoms with Crippen LogP contribution in [0.3, 0.4) is 0 Å². The quantitative estimate of drug-likeness (QED) is 0.633. The topological polar surface area (TPSA) is 66.5 Å². The lowest BCUT2D eigenvalue weighted by Gasteiger charge is -2.08. The van der Waals surface area contributed by atoms with E-state index in [4.69, 9.17) is 4.74 Å². The third-order valence-corrected chi connectivity index (χ3v) is 2.93. The molecule has 2 aromatic rings. The summed E-state index contributed by atoms with van der Waals surface area (Å²) in [5.74, 6) is 0.846. The summed E-state index contributed by atoms with van der Waals surface area (Å²) >= 11 is 0. The van der Waals surface area contributed by atoms with Gasteiger partial charge in [0.2, 0.25) is 0 Å². The molecule has 0 bridgehead atoms. The molecule has 2 rings (SSSR count). The Balaban J connectivity index is 1.76. The van der Waals surface area contributed by atoms with E-state index in [2.05, 4.69) is 29.4 Å². The number of carbonyl (C=O) groups is 1. The molecule has 0 unspecified atom stereocenters. The SMILES string of the molecule is CC(C)c1ccc(OCC(=O)N/N=C/c2ccc[nH]2)cc1. The second-order valence-electron chi connectivity index (χ2n) is 4.93. The van der Waals surface area contributed by atoms with Crippen molar-refractivity contribution in [3.05, 3.63) is 53.9 Å². The zero-order chi connectivity index (χ0) is 15.1. The average Bonchev–Trinajstić information content (AvgIpc) is 2.99. The molecule has 0 fully saturated rings. The van der Waals surface area contributed by atoms with Crippen molar-refractivity contribution in [2.24, 2.45) is 5.10 Å². The number of rotatable bonds is 6. The number of ether oxygens (including phenoxy) is 1. The maximum atomic E-state index is 11.6. The Bertz CT molecular complexity index is 586.